The first-order valence-corrected chi connectivity index (χ1v) is 6.96. The number of anilines is 1. The second-order valence-corrected chi connectivity index (χ2v) is 5.17. The largest absolute Gasteiger partial charge is 0.389 e. The molecule has 0 bridgehead atoms. The molecule has 2 aromatic rings. The number of rotatable bonds is 5. The van der Waals surface area contributed by atoms with Crippen LogP contribution in [0.15, 0.2) is 17.0 Å². The van der Waals surface area contributed by atoms with Crippen LogP contribution in [0.1, 0.15) is 29.1 Å². The fourth-order valence-electron chi connectivity index (χ4n) is 2.39. The Hall–Kier alpha value is -2.02. The molecule has 0 radical (unpaired) electrons. The fraction of sp³-hybridized carbons (Fsp3) is 0.385. The van der Waals surface area contributed by atoms with Crippen molar-refractivity contribution in [2.24, 2.45) is 5.73 Å². The third kappa shape index (κ3) is 2.62. The van der Waals surface area contributed by atoms with Gasteiger partial charge < -0.3 is 15.6 Å². The Bertz CT molecular complexity index is 626. The summed E-state index contributed by atoms with van der Waals surface area (Å²) < 4.78 is 4.69. The zero-order valence-corrected chi connectivity index (χ0v) is 11.7. The highest BCUT2D eigenvalue weighted by Gasteiger charge is 2.17. The number of nitrogens with two attached hydrogens (primary N) is 1. The Morgan fingerprint density at radius 3 is 3.10 bits per heavy atom. The second-order valence-electron chi connectivity index (χ2n) is 4.73. The first kappa shape index (κ1) is 13.0. The maximum atomic E-state index is 5.79. The molecule has 0 atom stereocenters. The predicted octanol–water partition coefficient (Wildman–Crippen LogP) is 1.24. The lowest BCUT2D eigenvalue weighted by molar-refractivity contribution is 0.410. The number of thiocarbonyl (C=S) groups is 1. The SMILES string of the molecule is NC(=S)c1cc2c(nc1NCCc1ncon1)CCC2. The van der Waals surface area contributed by atoms with Gasteiger partial charge in [-0.2, -0.15) is 4.98 Å². The van der Waals surface area contributed by atoms with Crippen LogP contribution in [0.25, 0.3) is 0 Å². The van der Waals surface area contributed by atoms with Crippen LogP contribution in [0.4, 0.5) is 5.82 Å². The number of hydrogen-bond donors (Lipinski definition) is 2. The van der Waals surface area contributed by atoms with Gasteiger partial charge >= 0.3 is 0 Å². The lowest BCUT2D eigenvalue weighted by Crippen LogP contribution is -2.17. The molecule has 0 saturated carbocycles. The minimum Gasteiger partial charge on any atom is -0.389 e. The van der Waals surface area contributed by atoms with Gasteiger partial charge in [0.2, 0.25) is 6.39 Å². The van der Waals surface area contributed by atoms with Crippen LogP contribution in [0.2, 0.25) is 0 Å². The van der Waals surface area contributed by atoms with E-state index in [9.17, 15) is 0 Å². The van der Waals surface area contributed by atoms with E-state index in [1.807, 2.05) is 0 Å². The molecule has 0 amide bonds. The highest BCUT2D eigenvalue weighted by Crippen LogP contribution is 2.25. The topological polar surface area (TPSA) is 89.9 Å². The molecule has 2 aromatic heterocycles. The normalized spacial score (nSPS) is 13.2. The molecule has 0 saturated heterocycles. The van der Waals surface area contributed by atoms with Crippen molar-refractivity contribution < 1.29 is 4.52 Å². The Labute approximate surface area is 121 Å². The third-order valence-corrected chi connectivity index (χ3v) is 3.58. The lowest BCUT2D eigenvalue weighted by Gasteiger charge is -2.12. The Morgan fingerprint density at radius 2 is 2.35 bits per heavy atom. The van der Waals surface area contributed by atoms with Gasteiger partial charge in [-0.05, 0) is 30.9 Å². The second kappa shape index (κ2) is 5.54. The van der Waals surface area contributed by atoms with Crippen LogP contribution < -0.4 is 11.1 Å². The summed E-state index contributed by atoms with van der Waals surface area (Å²) in [5.74, 6) is 1.41. The minimum absolute atomic E-state index is 0.370. The van der Waals surface area contributed by atoms with Crippen LogP contribution in [0.3, 0.4) is 0 Å². The molecule has 0 spiro atoms. The number of aryl methyl sites for hydroxylation is 2. The summed E-state index contributed by atoms with van der Waals surface area (Å²) in [5, 5.41) is 7.03. The zero-order chi connectivity index (χ0) is 13.9. The molecule has 7 heteroatoms. The Balaban J connectivity index is 1.75. The molecular formula is C13H15N5OS. The molecule has 104 valence electrons. The van der Waals surface area contributed by atoms with E-state index >= 15 is 0 Å². The van der Waals surface area contributed by atoms with E-state index in [4.69, 9.17) is 22.5 Å². The molecular weight excluding hydrogens is 274 g/mol. The van der Waals surface area contributed by atoms with E-state index in [1.165, 1.54) is 12.0 Å². The molecule has 0 unspecified atom stereocenters. The van der Waals surface area contributed by atoms with E-state index in [2.05, 4.69) is 26.5 Å². The van der Waals surface area contributed by atoms with Gasteiger partial charge in [-0.15, -0.1) is 0 Å². The van der Waals surface area contributed by atoms with Crippen molar-refractivity contribution in [1.29, 1.82) is 0 Å². The summed E-state index contributed by atoms with van der Waals surface area (Å²) in [7, 11) is 0. The smallest absolute Gasteiger partial charge is 0.213 e. The number of nitrogens with one attached hydrogen (secondary N) is 1. The number of pyridine rings is 1. The molecule has 0 aliphatic heterocycles. The summed E-state index contributed by atoms with van der Waals surface area (Å²) in [4.78, 5) is 8.99. The van der Waals surface area contributed by atoms with Crippen LogP contribution in [0.5, 0.6) is 0 Å². The number of fused-ring (bicyclic) bond motifs is 1. The Kier molecular flexibility index (Phi) is 3.60. The summed E-state index contributed by atoms with van der Waals surface area (Å²) in [6.07, 6.45) is 5.20. The van der Waals surface area contributed by atoms with Gasteiger partial charge in [0.1, 0.15) is 10.8 Å². The molecule has 3 N–H and O–H groups in total. The maximum Gasteiger partial charge on any atom is 0.213 e. The lowest BCUT2D eigenvalue weighted by atomic mass is 10.1. The van der Waals surface area contributed by atoms with E-state index in [0.29, 0.717) is 23.8 Å². The fourth-order valence-corrected chi connectivity index (χ4v) is 2.55. The van der Waals surface area contributed by atoms with Crippen molar-refractivity contribution in [2.75, 3.05) is 11.9 Å². The molecule has 20 heavy (non-hydrogen) atoms. The number of nitrogens with zero attached hydrogens (tertiary/aromatic N) is 3. The summed E-state index contributed by atoms with van der Waals surface area (Å²) in [6, 6.07) is 2.06. The van der Waals surface area contributed by atoms with Gasteiger partial charge in [-0.25, -0.2) is 4.98 Å². The molecule has 0 fully saturated rings. The average Bonchev–Trinajstić information content (AvgIpc) is 3.07. The van der Waals surface area contributed by atoms with Crippen molar-refractivity contribution in [2.45, 2.75) is 25.7 Å². The van der Waals surface area contributed by atoms with Crippen molar-refractivity contribution in [3.05, 3.63) is 35.1 Å². The predicted molar refractivity (Wildman–Crippen MR) is 78.6 cm³/mol. The van der Waals surface area contributed by atoms with Crippen molar-refractivity contribution in [1.82, 2.24) is 15.1 Å². The third-order valence-electron chi connectivity index (χ3n) is 3.36. The summed E-state index contributed by atoms with van der Waals surface area (Å²) >= 11 is 5.11. The molecule has 6 nitrogen and oxygen atoms in total. The highest BCUT2D eigenvalue weighted by atomic mass is 32.1. The molecule has 0 aromatic carbocycles. The van der Waals surface area contributed by atoms with Gasteiger partial charge in [0.05, 0.1) is 5.56 Å². The quantitative estimate of drug-likeness (QED) is 0.800. The van der Waals surface area contributed by atoms with Gasteiger partial charge in [0.15, 0.2) is 5.82 Å². The summed E-state index contributed by atoms with van der Waals surface area (Å²) in [5.41, 5.74) is 9.01. The van der Waals surface area contributed by atoms with Gasteiger partial charge in [0, 0.05) is 18.7 Å². The Morgan fingerprint density at radius 1 is 1.45 bits per heavy atom. The summed E-state index contributed by atoms with van der Waals surface area (Å²) in [6.45, 7) is 0.654. The number of aromatic nitrogens is 3. The van der Waals surface area contributed by atoms with Crippen LogP contribution >= 0.6 is 12.2 Å². The highest BCUT2D eigenvalue weighted by molar-refractivity contribution is 7.80. The van der Waals surface area contributed by atoms with Crippen molar-refractivity contribution in [3.63, 3.8) is 0 Å². The minimum atomic E-state index is 0.370. The molecule has 2 heterocycles. The van der Waals surface area contributed by atoms with Gasteiger partial charge in [-0.3, -0.25) is 0 Å². The molecule has 1 aliphatic rings. The van der Waals surface area contributed by atoms with Gasteiger partial charge in [0.25, 0.3) is 0 Å². The van der Waals surface area contributed by atoms with Crippen molar-refractivity contribution >= 4 is 23.0 Å². The number of hydrogen-bond acceptors (Lipinski definition) is 6. The standard InChI is InChI=1S/C13H15N5OS/c14-12(20)9-6-8-2-1-3-10(8)17-13(9)15-5-4-11-16-7-19-18-11/h6-7H,1-5H2,(H2,14,20)(H,15,17). The van der Waals surface area contributed by atoms with E-state index in [1.54, 1.807) is 0 Å². The van der Waals surface area contributed by atoms with Crippen LogP contribution in [-0.4, -0.2) is 26.7 Å². The van der Waals surface area contributed by atoms with Crippen molar-refractivity contribution in [3.8, 4) is 0 Å². The van der Waals surface area contributed by atoms with E-state index in [0.717, 1.165) is 36.3 Å². The first-order chi connectivity index (χ1) is 9.74. The van der Waals surface area contributed by atoms with E-state index in [-0.39, 0.29) is 0 Å². The maximum absolute atomic E-state index is 5.79. The molecule has 3 rings (SSSR count). The monoisotopic (exact) mass is 289 g/mol. The zero-order valence-electron chi connectivity index (χ0n) is 10.9. The van der Waals surface area contributed by atoms with Gasteiger partial charge in [-0.1, -0.05) is 17.4 Å². The molecule has 1 aliphatic carbocycles. The van der Waals surface area contributed by atoms with Crippen LogP contribution in [0, 0.1) is 0 Å². The first-order valence-electron chi connectivity index (χ1n) is 6.56. The van der Waals surface area contributed by atoms with Crippen LogP contribution in [-0.2, 0) is 19.3 Å². The average molecular weight is 289 g/mol. The van der Waals surface area contributed by atoms with E-state index < -0.39 is 0 Å².